The van der Waals surface area contributed by atoms with E-state index in [-0.39, 0.29) is 12.2 Å². The Balaban J connectivity index is 2.72. The van der Waals surface area contributed by atoms with Gasteiger partial charge in [-0.15, -0.1) is 0 Å². The molecule has 0 bridgehead atoms. The SMILES string of the molecule is CCCN(CCC(=O)O)c1cccc(F)c1. The zero-order valence-electron chi connectivity index (χ0n) is 9.32. The quantitative estimate of drug-likeness (QED) is 0.808. The molecule has 0 radical (unpaired) electrons. The third-order valence-electron chi connectivity index (χ3n) is 2.26. The fourth-order valence-electron chi connectivity index (χ4n) is 1.54. The molecule has 1 aromatic rings. The maximum atomic E-state index is 13.0. The number of hydrogen-bond donors (Lipinski definition) is 1. The molecule has 88 valence electrons. The van der Waals surface area contributed by atoms with Crippen molar-refractivity contribution in [3.63, 3.8) is 0 Å². The molecule has 1 N–H and O–H groups in total. The van der Waals surface area contributed by atoms with Gasteiger partial charge < -0.3 is 10.0 Å². The summed E-state index contributed by atoms with van der Waals surface area (Å²) < 4.78 is 13.0. The molecule has 0 aliphatic rings. The van der Waals surface area contributed by atoms with Crippen molar-refractivity contribution in [1.82, 2.24) is 0 Å². The van der Waals surface area contributed by atoms with Gasteiger partial charge >= 0.3 is 5.97 Å². The molecule has 1 rings (SSSR count). The standard InChI is InChI=1S/C12H16FNO2/c1-2-7-14(8-6-12(15)16)11-5-3-4-10(13)9-11/h3-5,9H,2,6-8H2,1H3,(H,15,16). The van der Waals surface area contributed by atoms with Gasteiger partial charge in [0, 0.05) is 18.8 Å². The van der Waals surface area contributed by atoms with E-state index in [1.54, 1.807) is 12.1 Å². The molecule has 16 heavy (non-hydrogen) atoms. The van der Waals surface area contributed by atoms with Crippen LogP contribution in [0, 0.1) is 5.82 Å². The first-order valence-electron chi connectivity index (χ1n) is 5.35. The van der Waals surface area contributed by atoms with Crippen molar-refractivity contribution < 1.29 is 14.3 Å². The van der Waals surface area contributed by atoms with Crippen molar-refractivity contribution >= 4 is 11.7 Å². The lowest BCUT2D eigenvalue weighted by Gasteiger charge is -2.23. The molecule has 0 saturated heterocycles. The van der Waals surface area contributed by atoms with Crippen LogP contribution in [0.25, 0.3) is 0 Å². The maximum absolute atomic E-state index is 13.0. The Labute approximate surface area is 94.5 Å². The fraction of sp³-hybridized carbons (Fsp3) is 0.417. The predicted molar refractivity (Wildman–Crippen MR) is 61.2 cm³/mol. The number of hydrogen-bond acceptors (Lipinski definition) is 2. The second-order valence-electron chi connectivity index (χ2n) is 3.61. The summed E-state index contributed by atoms with van der Waals surface area (Å²) >= 11 is 0. The number of aliphatic carboxylic acids is 1. The van der Waals surface area contributed by atoms with Crippen LogP contribution in [0.15, 0.2) is 24.3 Å². The Hall–Kier alpha value is -1.58. The molecule has 0 fully saturated rings. The first kappa shape index (κ1) is 12.5. The molecule has 0 amide bonds. The van der Waals surface area contributed by atoms with Gasteiger partial charge in [-0.25, -0.2) is 4.39 Å². The Morgan fingerprint density at radius 2 is 2.19 bits per heavy atom. The molecule has 4 heteroatoms. The molecule has 0 aliphatic heterocycles. The van der Waals surface area contributed by atoms with Gasteiger partial charge in [0.25, 0.3) is 0 Å². The van der Waals surface area contributed by atoms with Crippen LogP contribution < -0.4 is 4.90 Å². The highest BCUT2D eigenvalue weighted by atomic mass is 19.1. The minimum atomic E-state index is -0.836. The van der Waals surface area contributed by atoms with Crippen molar-refractivity contribution in [2.75, 3.05) is 18.0 Å². The lowest BCUT2D eigenvalue weighted by Crippen LogP contribution is -2.26. The number of anilines is 1. The summed E-state index contributed by atoms with van der Waals surface area (Å²) in [5, 5.41) is 8.63. The van der Waals surface area contributed by atoms with Gasteiger partial charge in [-0.1, -0.05) is 13.0 Å². The first-order valence-corrected chi connectivity index (χ1v) is 5.35. The minimum absolute atomic E-state index is 0.0660. The monoisotopic (exact) mass is 225 g/mol. The zero-order valence-corrected chi connectivity index (χ0v) is 9.32. The van der Waals surface area contributed by atoms with Crippen LogP contribution >= 0.6 is 0 Å². The Kier molecular flexibility index (Phi) is 4.76. The number of halogens is 1. The molecule has 0 unspecified atom stereocenters. The fourth-order valence-corrected chi connectivity index (χ4v) is 1.54. The molecule has 0 saturated carbocycles. The molecule has 0 spiro atoms. The zero-order chi connectivity index (χ0) is 12.0. The van der Waals surface area contributed by atoms with Crippen molar-refractivity contribution in [2.24, 2.45) is 0 Å². The average Bonchev–Trinajstić information content (AvgIpc) is 2.24. The highest BCUT2D eigenvalue weighted by Gasteiger charge is 2.08. The van der Waals surface area contributed by atoms with Crippen molar-refractivity contribution in [3.05, 3.63) is 30.1 Å². The number of nitrogens with zero attached hydrogens (tertiary/aromatic N) is 1. The van der Waals surface area contributed by atoms with Crippen LogP contribution in [-0.4, -0.2) is 24.2 Å². The Bertz CT molecular complexity index is 355. The third-order valence-corrected chi connectivity index (χ3v) is 2.26. The summed E-state index contributed by atoms with van der Waals surface area (Å²) in [5.41, 5.74) is 0.739. The normalized spacial score (nSPS) is 10.1. The van der Waals surface area contributed by atoms with E-state index in [9.17, 15) is 9.18 Å². The summed E-state index contributed by atoms with van der Waals surface area (Å²) in [7, 11) is 0. The van der Waals surface area contributed by atoms with E-state index in [1.807, 2.05) is 11.8 Å². The topological polar surface area (TPSA) is 40.5 Å². The number of carboxylic acid groups (broad SMARTS) is 1. The molecule has 0 aliphatic carbocycles. The molecule has 3 nitrogen and oxygen atoms in total. The van der Waals surface area contributed by atoms with Gasteiger partial charge in [0.05, 0.1) is 6.42 Å². The summed E-state index contributed by atoms with van der Waals surface area (Å²) in [5.74, 6) is -1.13. The van der Waals surface area contributed by atoms with Crippen LogP contribution in [0.5, 0.6) is 0 Å². The van der Waals surface area contributed by atoms with Crippen LogP contribution in [-0.2, 0) is 4.79 Å². The summed E-state index contributed by atoms with van der Waals surface area (Å²) in [4.78, 5) is 12.4. The van der Waals surface area contributed by atoms with Crippen molar-refractivity contribution in [3.8, 4) is 0 Å². The maximum Gasteiger partial charge on any atom is 0.305 e. The molecule has 0 atom stereocenters. The third kappa shape index (κ3) is 3.88. The van der Waals surface area contributed by atoms with Gasteiger partial charge in [-0.2, -0.15) is 0 Å². The van der Waals surface area contributed by atoms with Crippen LogP contribution in [0.4, 0.5) is 10.1 Å². The van der Waals surface area contributed by atoms with E-state index in [1.165, 1.54) is 12.1 Å². The van der Waals surface area contributed by atoms with E-state index < -0.39 is 5.97 Å². The Morgan fingerprint density at radius 3 is 2.75 bits per heavy atom. The molecule has 0 aromatic heterocycles. The Morgan fingerprint density at radius 1 is 1.44 bits per heavy atom. The summed E-state index contributed by atoms with van der Waals surface area (Å²) in [6, 6.07) is 6.23. The van der Waals surface area contributed by atoms with E-state index in [4.69, 9.17) is 5.11 Å². The second-order valence-corrected chi connectivity index (χ2v) is 3.61. The van der Waals surface area contributed by atoms with E-state index in [0.717, 1.165) is 18.7 Å². The van der Waals surface area contributed by atoms with E-state index >= 15 is 0 Å². The average molecular weight is 225 g/mol. The number of benzene rings is 1. The highest BCUT2D eigenvalue weighted by molar-refractivity contribution is 5.67. The van der Waals surface area contributed by atoms with E-state index in [2.05, 4.69) is 0 Å². The van der Waals surface area contributed by atoms with Crippen molar-refractivity contribution in [1.29, 1.82) is 0 Å². The molecule has 0 heterocycles. The number of carbonyl (C=O) groups is 1. The van der Waals surface area contributed by atoms with Crippen LogP contribution in [0.3, 0.4) is 0 Å². The minimum Gasteiger partial charge on any atom is -0.481 e. The van der Waals surface area contributed by atoms with Crippen LogP contribution in [0.2, 0.25) is 0 Å². The summed E-state index contributed by atoms with van der Waals surface area (Å²) in [6.45, 7) is 3.15. The van der Waals surface area contributed by atoms with Crippen molar-refractivity contribution in [2.45, 2.75) is 19.8 Å². The molecule has 1 aromatic carbocycles. The number of rotatable bonds is 6. The van der Waals surface area contributed by atoms with Crippen LogP contribution in [0.1, 0.15) is 19.8 Å². The summed E-state index contributed by atoms with van der Waals surface area (Å²) in [6.07, 6.45) is 0.965. The predicted octanol–water partition coefficient (Wildman–Crippen LogP) is 2.52. The smallest absolute Gasteiger partial charge is 0.305 e. The van der Waals surface area contributed by atoms with Gasteiger partial charge in [-0.3, -0.25) is 4.79 Å². The van der Waals surface area contributed by atoms with Gasteiger partial charge in [0.2, 0.25) is 0 Å². The van der Waals surface area contributed by atoms with E-state index in [0.29, 0.717) is 6.54 Å². The second kappa shape index (κ2) is 6.10. The molecular formula is C12H16FNO2. The van der Waals surface area contributed by atoms with Gasteiger partial charge in [-0.05, 0) is 24.6 Å². The van der Waals surface area contributed by atoms with Gasteiger partial charge in [0.1, 0.15) is 5.82 Å². The first-order chi connectivity index (χ1) is 7.63. The largest absolute Gasteiger partial charge is 0.481 e. The lowest BCUT2D eigenvalue weighted by atomic mass is 10.2. The molecular weight excluding hydrogens is 209 g/mol. The number of carboxylic acids is 1. The highest BCUT2D eigenvalue weighted by Crippen LogP contribution is 2.16. The van der Waals surface area contributed by atoms with Gasteiger partial charge in [0.15, 0.2) is 0 Å². The lowest BCUT2D eigenvalue weighted by molar-refractivity contribution is -0.136.